The quantitative estimate of drug-likeness (QED) is 0.808. The Morgan fingerprint density at radius 3 is 2.70 bits per heavy atom. The Bertz CT molecular complexity index is 556. The normalized spacial score (nSPS) is 22.6. The summed E-state index contributed by atoms with van der Waals surface area (Å²) in [6.07, 6.45) is 1.31. The number of amides is 1. The van der Waals surface area contributed by atoms with E-state index in [9.17, 15) is 14.7 Å². The number of aliphatic carboxylic acids is 1. The van der Waals surface area contributed by atoms with Crippen LogP contribution in [0.4, 0.5) is 5.69 Å². The molecule has 1 aromatic rings. The lowest BCUT2D eigenvalue weighted by atomic mass is 9.82. The number of benzene rings is 1. The summed E-state index contributed by atoms with van der Waals surface area (Å²) in [7, 11) is 0. The molecule has 1 aliphatic heterocycles. The van der Waals surface area contributed by atoms with Crippen molar-refractivity contribution in [3.05, 3.63) is 29.3 Å². The van der Waals surface area contributed by atoms with Crippen LogP contribution in [0, 0.1) is 12.3 Å². The number of carboxylic acids is 1. The number of carboxylic acid groups (broad SMARTS) is 1. The van der Waals surface area contributed by atoms with Crippen molar-refractivity contribution in [2.45, 2.75) is 26.7 Å². The van der Waals surface area contributed by atoms with Crippen molar-refractivity contribution in [1.29, 1.82) is 0 Å². The zero-order valence-corrected chi connectivity index (χ0v) is 11.8. The Morgan fingerprint density at radius 1 is 1.40 bits per heavy atom. The molecule has 3 N–H and O–H groups in total. The van der Waals surface area contributed by atoms with Crippen LogP contribution in [0.15, 0.2) is 18.2 Å². The SMILES string of the molecule is Cc1cc(C(=O)N2CCCC(C)(C(=O)O)C2)ccc1N. The van der Waals surface area contributed by atoms with E-state index in [0.29, 0.717) is 30.6 Å². The summed E-state index contributed by atoms with van der Waals surface area (Å²) in [4.78, 5) is 25.4. The minimum Gasteiger partial charge on any atom is -0.481 e. The lowest BCUT2D eigenvalue weighted by Crippen LogP contribution is -2.48. The Kier molecular flexibility index (Phi) is 3.70. The molecule has 1 amide bonds. The number of carbonyl (C=O) groups is 2. The number of piperidine rings is 1. The molecule has 0 spiro atoms. The topological polar surface area (TPSA) is 83.6 Å². The van der Waals surface area contributed by atoms with Crippen LogP contribution in [-0.4, -0.2) is 35.0 Å². The van der Waals surface area contributed by atoms with Crippen molar-refractivity contribution in [2.75, 3.05) is 18.8 Å². The predicted molar refractivity (Wildman–Crippen MR) is 76.5 cm³/mol. The van der Waals surface area contributed by atoms with E-state index in [-0.39, 0.29) is 12.5 Å². The van der Waals surface area contributed by atoms with Crippen LogP contribution in [0.3, 0.4) is 0 Å². The second kappa shape index (κ2) is 5.15. The van der Waals surface area contributed by atoms with Crippen molar-refractivity contribution in [3.63, 3.8) is 0 Å². The summed E-state index contributed by atoms with van der Waals surface area (Å²) in [6, 6.07) is 5.16. The third-order valence-corrected chi connectivity index (χ3v) is 4.02. The van der Waals surface area contributed by atoms with E-state index in [1.807, 2.05) is 6.92 Å². The van der Waals surface area contributed by atoms with Crippen molar-refractivity contribution in [1.82, 2.24) is 4.90 Å². The van der Waals surface area contributed by atoms with Crippen LogP contribution in [0.25, 0.3) is 0 Å². The van der Waals surface area contributed by atoms with E-state index in [1.165, 1.54) is 0 Å². The Labute approximate surface area is 118 Å². The summed E-state index contributed by atoms with van der Waals surface area (Å²) >= 11 is 0. The smallest absolute Gasteiger partial charge is 0.311 e. The first-order valence-corrected chi connectivity index (χ1v) is 6.72. The number of likely N-dealkylation sites (tertiary alicyclic amines) is 1. The largest absolute Gasteiger partial charge is 0.481 e. The third kappa shape index (κ3) is 2.61. The second-order valence-corrected chi connectivity index (χ2v) is 5.77. The van der Waals surface area contributed by atoms with Gasteiger partial charge in [0.05, 0.1) is 5.41 Å². The molecule has 1 aromatic carbocycles. The number of carbonyl (C=O) groups excluding carboxylic acids is 1. The van der Waals surface area contributed by atoms with Gasteiger partial charge in [0.25, 0.3) is 5.91 Å². The molecule has 20 heavy (non-hydrogen) atoms. The first-order chi connectivity index (χ1) is 9.33. The van der Waals surface area contributed by atoms with Crippen LogP contribution in [-0.2, 0) is 4.79 Å². The second-order valence-electron chi connectivity index (χ2n) is 5.77. The van der Waals surface area contributed by atoms with E-state index < -0.39 is 11.4 Å². The number of aryl methyl sites for hydroxylation is 1. The van der Waals surface area contributed by atoms with Crippen LogP contribution in [0.1, 0.15) is 35.7 Å². The molecule has 1 fully saturated rings. The Hall–Kier alpha value is -2.04. The molecular formula is C15H20N2O3. The van der Waals surface area contributed by atoms with Crippen LogP contribution < -0.4 is 5.73 Å². The number of nitrogens with zero attached hydrogens (tertiary/aromatic N) is 1. The van der Waals surface area contributed by atoms with E-state index in [2.05, 4.69) is 0 Å². The number of rotatable bonds is 2. The minimum absolute atomic E-state index is 0.125. The number of nitrogens with two attached hydrogens (primary N) is 1. The van der Waals surface area contributed by atoms with E-state index in [1.54, 1.807) is 30.0 Å². The van der Waals surface area contributed by atoms with Gasteiger partial charge in [-0.25, -0.2) is 0 Å². The first kappa shape index (κ1) is 14.4. The molecule has 108 valence electrons. The molecule has 0 bridgehead atoms. The molecule has 0 saturated carbocycles. The molecule has 5 nitrogen and oxygen atoms in total. The highest BCUT2D eigenvalue weighted by Gasteiger charge is 2.39. The van der Waals surface area contributed by atoms with Gasteiger partial charge in [0.2, 0.25) is 0 Å². The number of anilines is 1. The number of hydrogen-bond acceptors (Lipinski definition) is 3. The van der Waals surface area contributed by atoms with Gasteiger partial charge in [0.1, 0.15) is 0 Å². The fourth-order valence-electron chi connectivity index (χ4n) is 2.58. The molecule has 2 rings (SSSR count). The van der Waals surface area contributed by atoms with Crippen LogP contribution in [0.5, 0.6) is 0 Å². The lowest BCUT2D eigenvalue weighted by Gasteiger charge is -2.37. The average molecular weight is 276 g/mol. The molecule has 1 aliphatic rings. The van der Waals surface area contributed by atoms with Crippen molar-refractivity contribution < 1.29 is 14.7 Å². The number of hydrogen-bond donors (Lipinski definition) is 2. The van der Waals surface area contributed by atoms with Crippen molar-refractivity contribution >= 4 is 17.6 Å². The van der Waals surface area contributed by atoms with Gasteiger partial charge in [-0.15, -0.1) is 0 Å². The molecule has 1 unspecified atom stereocenters. The minimum atomic E-state index is -0.850. The molecule has 0 aliphatic carbocycles. The summed E-state index contributed by atoms with van der Waals surface area (Å²) in [5.74, 6) is -0.969. The monoisotopic (exact) mass is 276 g/mol. The highest BCUT2D eigenvalue weighted by Crippen LogP contribution is 2.30. The zero-order valence-electron chi connectivity index (χ0n) is 11.8. The molecule has 0 aromatic heterocycles. The molecule has 5 heteroatoms. The maximum atomic E-state index is 12.5. The molecule has 1 saturated heterocycles. The average Bonchev–Trinajstić information content (AvgIpc) is 2.41. The van der Waals surface area contributed by atoms with Gasteiger partial charge in [0.15, 0.2) is 0 Å². The van der Waals surface area contributed by atoms with Gasteiger partial charge in [0, 0.05) is 24.3 Å². The summed E-state index contributed by atoms with van der Waals surface area (Å²) < 4.78 is 0. The highest BCUT2D eigenvalue weighted by atomic mass is 16.4. The molecule has 1 heterocycles. The van der Waals surface area contributed by atoms with Crippen molar-refractivity contribution in [3.8, 4) is 0 Å². The van der Waals surface area contributed by atoms with E-state index in [0.717, 1.165) is 5.56 Å². The predicted octanol–water partition coefficient (Wildman–Crippen LogP) is 1.90. The first-order valence-electron chi connectivity index (χ1n) is 6.72. The molecule has 1 atom stereocenters. The van der Waals surface area contributed by atoms with E-state index >= 15 is 0 Å². The maximum Gasteiger partial charge on any atom is 0.311 e. The number of nitrogen functional groups attached to an aromatic ring is 1. The fraction of sp³-hybridized carbons (Fsp3) is 0.467. The molecular weight excluding hydrogens is 256 g/mol. The molecule has 0 radical (unpaired) electrons. The van der Waals surface area contributed by atoms with Gasteiger partial charge in [-0.05, 0) is 50.5 Å². The summed E-state index contributed by atoms with van der Waals surface area (Å²) in [6.45, 7) is 4.41. The van der Waals surface area contributed by atoms with Gasteiger partial charge in [-0.3, -0.25) is 9.59 Å². The van der Waals surface area contributed by atoms with Crippen LogP contribution >= 0.6 is 0 Å². The maximum absolute atomic E-state index is 12.5. The summed E-state index contributed by atoms with van der Waals surface area (Å²) in [5, 5.41) is 9.29. The summed E-state index contributed by atoms with van der Waals surface area (Å²) in [5.41, 5.74) is 6.96. The van der Waals surface area contributed by atoms with Crippen molar-refractivity contribution in [2.24, 2.45) is 5.41 Å². The zero-order chi connectivity index (χ0) is 14.9. The van der Waals surface area contributed by atoms with Gasteiger partial charge in [-0.1, -0.05) is 0 Å². The van der Waals surface area contributed by atoms with Crippen LogP contribution in [0.2, 0.25) is 0 Å². The standard InChI is InChI=1S/C15H20N2O3/c1-10-8-11(4-5-12(10)16)13(18)17-7-3-6-15(2,9-17)14(19)20/h4-5,8H,3,6-7,9,16H2,1-2H3,(H,19,20). The third-order valence-electron chi connectivity index (χ3n) is 4.02. The van der Waals surface area contributed by atoms with E-state index in [4.69, 9.17) is 5.73 Å². The van der Waals surface area contributed by atoms with Gasteiger partial charge in [-0.2, -0.15) is 0 Å². The Morgan fingerprint density at radius 2 is 2.10 bits per heavy atom. The lowest BCUT2D eigenvalue weighted by molar-refractivity contribution is -0.150. The fourth-order valence-corrected chi connectivity index (χ4v) is 2.58. The van der Waals surface area contributed by atoms with Gasteiger partial charge < -0.3 is 15.7 Å². The van der Waals surface area contributed by atoms with Gasteiger partial charge >= 0.3 is 5.97 Å². The Balaban J connectivity index is 2.20. The highest BCUT2D eigenvalue weighted by molar-refractivity contribution is 5.95.